The summed E-state index contributed by atoms with van der Waals surface area (Å²) < 4.78 is 27.6. The predicted octanol–water partition coefficient (Wildman–Crippen LogP) is 2.92. The van der Waals surface area contributed by atoms with Crippen LogP contribution >= 0.6 is 0 Å². The molecule has 3 fully saturated rings. The molecule has 0 aliphatic heterocycles. The van der Waals surface area contributed by atoms with Crippen molar-refractivity contribution in [1.29, 1.82) is 0 Å². The van der Waals surface area contributed by atoms with E-state index in [4.69, 9.17) is 5.11 Å². The first-order valence-electron chi connectivity index (χ1n) is 6.10. The number of hydrogen-bond donors (Lipinski definition) is 1. The minimum absolute atomic E-state index is 0.233. The van der Waals surface area contributed by atoms with Crippen LogP contribution in [0.2, 0.25) is 0 Å². The lowest BCUT2D eigenvalue weighted by Gasteiger charge is -2.26. The number of rotatable bonds is 2. The van der Waals surface area contributed by atoms with Gasteiger partial charge >= 0.3 is 5.97 Å². The van der Waals surface area contributed by atoms with Crippen molar-refractivity contribution >= 4 is 5.97 Å². The van der Waals surface area contributed by atoms with E-state index in [2.05, 4.69) is 0 Å². The van der Waals surface area contributed by atoms with Crippen molar-refractivity contribution < 1.29 is 18.7 Å². The largest absolute Gasteiger partial charge is 0.481 e. The molecule has 0 saturated heterocycles. The van der Waals surface area contributed by atoms with E-state index >= 15 is 0 Å². The minimum Gasteiger partial charge on any atom is -0.481 e. The van der Waals surface area contributed by atoms with Gasteiger partial charge in [-0.2, -0.15) is 0 Å². The van der Waals surface area contributed by atoms with Gasteiger partial charge in [-0.05, 0) is 44.4 Å². The monoisotopic (exact) mass is 230 g/mol. The van der Waals surface area contributed by atoms with Crippen molar-refractivity contribution in [3.05, 3.63) is 0 Å². The summed E-state index contributed by atoms with van der Waals surface area (Å²) in [5.74, 6) is -3.90. The van der Waals surface area contributed by atoms with Crippen LogP contribution in [0.1, 0.15) is 38.5 Å². The van der Waals surface area contributed by atoms with E-state index in [-0.39, 0.29) is 11.8 Å². The first kappa shape index (κ1) is 10.5. The van der Waals surface area contributed by atoms with Crippen LogP contribution in [0.25, 0.3) is 0 Å². The molecule has 1 unspecified atom stereocenters. The SMILES string of the molecule is O=C(O)C1CCC2(CC1)C(C1CC1)C2(F)F. The van der Waals surface area contributed by atoms with E-state index in [1.54, 1.807) is 0 Å². The Balaban J connectivity index is 1.71. The molecule has 1 N–H and O–H groups in total. The van der Waals surface area contributed by atoms with Gasteiger partial charge in [-0.3, -0.25) is 4.79 Å². The van der Waals surface area contributed by atoms with Gasteiger partial charge in [0.1, 0.15) is 0 Å². The summed E-state index contributed by atoms with van der Waals surface area (Å²) in [4.78, 5) is 10.8. The molecular formula is C12H16F2O2. The van der Waals surface area contributed by atoms with E-state index in [1.165, 1.54) is 0 Å². The Morgan fingerprint density at radius 3 is 2.12 bits per heavy atom. The van der Waals surface area contributed by atoms with E-state index in [9.17, 15) is 13.6 Å². The highest BCUT2D eigenvalue weighted by atomic mass is 19.3. The Morgan fingerprint density at radius 2 is 1.69 bits per heavy atom. The molecule has 0 aromatic heterocycles. The maximum Gasteiger partial charge on any atom is 0.306 e. The molecule has 1 atom stereocenters. The van der Waals surface area contributed by atoms with Gasteiger partial charge < -0.3 is 5.11 Å². The summed E-state index contributed by atoms with van der Waals surface area (Å²) in [5, 5.41) is 8.86. The summed E-state index contributed by atoms with van der Waals surface area (Å²) >= 11 is 0. The third-order valence-electron chi connectivity index (χ3n) is 4.89. The minimum atomic E-state index is -2.50. The van der Waals surface area contributed by atoms with Gasteiger partial charge in [0, 0.05) is 11.3 Å². The maximum atomic E-state index is 13.8. The van der Waals surface area contributed by atoms with Crippen molar-refractivity contribution in [2.75, 3.05) is 0 Å². The van der Waals surface area contributed by atoms with Crippen molar-refractivity contribution in [1.82, 2.24) is 0 Å². The third-order valence-corrected chi connectivity index (χ3v) is 4.89. The van der Waals surface area contributed by atoms with E-state index in [0.717, 1.165) is 12.8 Å². The number of aliphatic carboxylic acids is 1. The van der Waals surface area contributed by atoms with Gasteiger partial charge in [0.15, 0.2) is 0 Å². The lowest BCUT2D eigenvalue weighted by molar-refractivity contribution is -0.143. The molecule has 3 aliphatic rings. The number of carbonyl (C=O) groups is 1. The fourth-order valence-electron chi connectivity index (χ4n) is 3.74. The second kappa shape index (κ2) is 2.96. The molecule has 0 aromatic rings. The van der Waals surface area contributed by atoms with E-state index in [1.807, 2.05) is 0 Å². The molecule has 3 rings (SSSR count). The molecule has 0 heterocycles. The van der Waals surface area contributed by atoms with Gasteiger partial charge in [0.05, 0.1) is 5.92 Å². The van der Waals surface area contributed by atoms with Crippen molar-refractivity contribution in [2.24, 2.45) is 23.2 Å². The fourth-order valence-corrected chi connectivity index (χ4v) is 3.74. The Hall–Kier alpha value is -0.670. The van der Waals surface area contributed by atoms with Crippen LogP contribution in [0.4, 0.5) is 8.78 Å². The number of carboxylic acids is 1. The molecular weight excluding hydrogens is 214 g/mol. The molecule has 0 aromatic carbocycles. The number of halogens is 2. The zero-order chi connectivity index (χ0) is 11.6. The first-order chi connectivity index (χ1) is 7.49. The van der Waals surface area contributed by atoms with Crippen molar-refractivity contribution in [2.45, 2.75) is 44.4 Å². The molecule has 0 amide bonds. The zero-order valence-electron chi connectivity index (χ0n) is 9.09. The molecule has 0 bridgehead atoms. The van der Waals surface area contributed by atoms with E-state index < -0.39 is 23.2 Å². The molecule has 4 heteroatoms. The summed E-state index contributed by atoms with van der Waals surface area (Å²) in [5.41, 5.74) is -0.805. The Labute approximate surface area is 93.0 Å². The molecule has 90 valence electrons. The average Bonchev–Trinajstić information content (AvgIpc) is 3.08. The average molecular weight is 230 g/mol. The maximum absolute atomic E-state index is 13.8. The van der Waals surface area contributed by atoms with Crippen molar-refractivity contribution in [3.63, 3.8) is 0 Å². The van der Waals surface area contributed by atoms with Crippen LogP contribution in [-0.4, -0.2) is 17.0 Å². The first-order valence-corrected chi connectivity index (χ1v) is 6.10. The molecule has 3 saturated carbocycles. The van der Waals surface area contributed by atoms with Crippen LogP contribution in [0.5, 0.6) is 0 Å². The highest BCUT2D eigenvalue weighted by Crippen LogP contribution is 2.77. The lowest BCUT2D eigenvalue weighted by Crippen LogP contribution is -2.25. The third kappa shape index (κ3) is 1.19. The van der Waals surface area contributed by atoms with E-state index in [0.29, 0.717) is 25.7 Å². The molecule has 3 aliphatic carbocycles. The molecule has 0 radical (unpaired) electrons. The normalized spacial score (nSPS) is 45.6. The lowest BCUT2D eigenvalue weighted by atomic mass is 9.77. The molecule has 1 spiro atoms. The van der Waals surface area contributed by atoms with Crippen LogP contribution in [0.15, 0.2) is 0 Å². The Morgan fingerprint density at radius 1 is 1.12 bits per heavy atom. The quantitative estimate of drug-likeness (QED) is 0.792. The van der Waals surface area contributed by atoms with Gasteiger partial charge in [0.25, 0.3) is 5.92 Å². The number of carboxylic acid groups (broad SMARTS) is 1. The van der Waals surface area contributed by atoms with Crippen LogP contribution in [0.3, 0.4) is 0 Å². The number of alkyl halides is 2. The molecule has 2 nitrogen and oxygen atoms in total. The summed E-state index contributed by atoms with van der Waals surface area (Å²) in [6.07, 6.45) is 3.60. The second-order valence-corrected chi connectivity index (χ2v) is 5.71. The standard InChI is InChI=1S/C12H16F2O2/c13-12(14)9(7-1-2-7)11(12)5-3-8(4-6-11)10(15)16/h7-9H,1-6H2,(H,15,16). The Bertz CT molecular complexity index is 328. The van der Waals surface area contributed by atoms with Crippen LogP contribution < -0.4 is 0 Å². The predicted molar refractivity (Wildman–Crippen MR) is 53.2 cm³/mol. The fraction of sp³-hybridized carbons (Fsp3) is 0.917. The van der Waals surface area contributed by atoms with Crippen LogP contribution in [-0.2, 0) is 4.79 Å². The van der Waals surface area contributed by atoms with Gasteiger partial charge in [0.2, 0.25) is 0 Å². The number of hydrogen-bond acceptors (Lipinski definition) is 1. The highest BCUT2D eigenvalue weighted by molar-refractivity contribution is 5.70. The summed E-state index contributed by atoms with van der Waals surface area (Å²) in [7, 11) is 0. The van der Waals surface area contributed by atoms with Crippen molar-refractivity contribution in [3.8, 4) is 0 Å². The summed E-state index contributed by atoms with van der Waals surface area (Å²) in [6.45, 7) is 0. The zero-order valence-corrected chi connectivity index (χ0v) is 9.09. The highest BCUT2D eigenvalue weighted by Gasteiger charge is 2.82. The van der Waals surface area contributed by atoms with Gasteiger partial charge in [-0.15, -0.1) is 0 Å². The Kier molecular flexibility index (Phi) is 1.94. The van der Waals surface area contributed by atoms with Crippen LogP contribution in [0, 0.1) is 23.2 Å². The van der Waals surface area contributed by atoms with Gasteiger partial charge in [-0.25, -0.2) is 8.78 Å². The topological polar surface area (TPSA) is 37.3 Å². The summed E-state index contributed by atoms with van der Waals surface area (Å²) in [6, 6.07) is 0. The molecule has 16 heavy (non-hydrogen) atoms. The second-order valence-electron chi connectivity index (χ2n) is 5.71. The van der Waals surface area contributed by atoms with Gasteiger partial charge in [-0.1, -0.05) is 0 Å². The smallest absolute Gasteiger partial charge is 0.306 e.